The van der Waals surface area contributed by atoms with E-state index in [0.29, 0.717) is 29.2 Å². The van der Waals surface area contributed by atoms with Gasteiger partial charge >= 0.3 is 0 Å². The molecule has 0 radical (unpaired) electrons. The minimum atomic E-state index is -1.04. The molecule has 0 aliphatic carbocycles. The fourth-order valence-electron chi connectivity index (χ4n) is 3.89. The lowest BCUT2D eigenvalue weighted by Gasteiger charge is -2.42. The van der Waals surface area contributed by atoms with Crippen molar-refractivity contribution in [3.63, 3.8) is 0 Å². The van der Waals surface area contributed by atoms with E-state index < -0.39 is 17.1 Å². The van der Waals surface area contributed by atoms with Crippen LogP contribution in [0.5, 0.6) is 11.5 Å². The van der Waals surface area contributed by atoms with Crippen LogP contribution in [0.3, 0.4) is 0 Å². The van der Waals surface area contributed by atoms with E-state index in [4.69, 9.17) is 14.0 Å². The van der Waals surface area contributed by atoms with Gasteiger partial charge in [-0.3, -0.25) is 14.4 Å². The number of rotatable bonds is 11. The first-order chi connectivity index (χ1) is 17.2. The number of anilines is 1. The van der Waals surface area contributed by atoms with E-state index in [1.165, 1.54) is 19.1 Å². The van der Waals surface area contributed by atoms with Gasteiger partial charge in [-0.25, -0.2) is 0 Å². The summed E-state index contributed by atoms with van der Waals surface area (Å²) < 4.78 is 16.1. The smallest absolute Gasteiger partial charge is 0.248 e. The number of carbonyl (C=O) groups excluding carboxylic acids is 3. The predicted molar refractivity (Wildman–Crippen MR) is 141 cm³/mol. The molecule has 3 amide bonds. The Labute approximate surface area is 219 Å². The first-order valence-corrected chi connectivity index (χ1v) is 12.3. The van der Waals surface area contributed by atoms with Crippen LogP contribution >= 0.6 is 0 Å². The summed E-state index contributed by atoms with van der Waals surface area (Å²) in [6.07, 6.45) is 0.473. The average Bonchev–Trinajstić information content (AvgIpc) is 3.23. The molecule has 2 aromatic rings. The third kappa shape index (κ3) is 7.71. The molecule has 10 heteroatoms. The number of nitrogens with zero attached hydrogens (tertiary/aromatic N) is 2. The maximum atomic E-state index is 13.9. The molecule has 2 rings (SSSR count). The highest BCUT2D eigenvalue weighted by Crippen LogP contribution is 2.40. The minimum Gasteiger partial charge on any atom is -0.493 e. The molecule has 204 valence electrons. The van der Waals surface area contributed by atoms with Gasteiger partial charge in [0.05, 0.1) is 14.2 Å². The molecule has 0 saturated heterocycles. The molecular formula is C27H40N4O6. The zero-order valence-electron chi connectivity index (χ0n) is 23.4. The van der Waals surface area contributed by atoms with Gasteiger partial charge < -0.3 is 29.5 Å². The first-order valence-electron chi connectivity index (χ1n) is 12.3. The van der Waals surface area contributed by atoms with E-state index in [9.17, 15) is 14.4 Å². The highest BCUT2D eigenvalue weighted by Gasteiger charge is 2.41. The molecule has 0 bridgehead atoms. The monoisotopic (exact) mass is 516 g/mol. The maximum Gasteiger partial charge on any atom is 0.248 e. The number of para-hydroxylation sites is 1. The van der Waals surface area contributed by atoms with Crippen molar-refractivity contribution in [1.82, 2.24) is 15.4 Å². The molecular weight excluding hydrogens is 476 g/mol. The van der Waals surface area contributed by atoms with Crippen LogP contribution in [0.2, 0.25) is 0 Å². The molecule has 0 aliphatic heterocycles. The Balaban J connectivity index is 2.47. The number of carbonyl (C=O) groups is 3. The van der Waals surface area contributed by atoms with Gasteiger partial charge in [0, 0.05) is 35.5 Å². The normalized spacial score (nSPS) is 12.5. The number of hydrogen-bond donors (Lipinski definition) is 2. The van der Waals surface area contributed by atoms with E-state index in [1.807, 2.05) is 41.5 Å². The standard InChI is InChI=1S/C27H40N4O6/c1-10-27(6,7)29-25(34)23(18-12-11-13-19(35-8)24(18)36-9)31(26(3,4)5)22(33)15-14-21(32)28-20-16-17(2)37-30-20/h11-13,16,23H,10,14-15H2,1-9H3,(H,29,34)(H,28,30,32)/t23-/m0/s1. The minimum absolute atomic E-state index is 0.0959. The number of aromatic nitrogens is 1. The van der Waals surface area contributed by atoms with Crippen molar-refractivity contribution in [2.75, 3.05) is 19.5 Å². The third-order valence-corrected chi connectivity index (χ3v) is 6.03. The second kappa shape index (κ2) is 12.1. The topological polar surface area (TPSA) is 123 Å². The van der Waals surface area contributed by atoms with Crippen molar-refractivity contribution in [2.24, 2.45) is 0 Å². The summed E-state index contributed by atoms with van der Waals surface area (Å²) in [7, 11) is 3.00. The van der Waals surface area contributed by atoms with Gasteiger partial charge in [0.25, 0.3) is 0 Å². The number of hydrogen-bond acceptors (Lipinski definition) is 7. The molecule has 0 unspecified atom stereocenters. The van der Waals surface area contributed by atoms with E-state index in [2.05, 4.69) is 15.8 Å². The number of nitrogens with one attached hydrogen (secondary N) is 2. The van der Waals surface area contributed by atoms with Crippen molar-refractivity contribution in [3.8, 4) is 11.5 Å². The van der Waals surface area contributed by atoms with Gasteiger partial charge in [-0.15, -0.1) is 0 Å². The Morgan fingerprint density at radius 2 is 1.76 bits per heavy atom. The lowest BCUT2D eigenvalue weighted by atomic mass is 9.93. The Morgan fingerprint density at radius 3 is 2.27 bits per heavy atom. The number of benzene rings is 1. The second-order valence-corrected chi connectivity index (χ2v) is 10.5. The molecule has 0 saturated carbocycles. The molecule has 0 aliphatic rings. The number of amides is 3. The summed E-state index contributed by atoms with van der Waals surface area (Å²) in [5.74, 6) is 0.533. The summed E-state index contributed by atoms with van der Waals surface area (Å²) in [6.45, 7) is 13.1. The lowest BCUT2D eigenvalue weighted by Crippen LogP contribution is -2.55. The van der Waals surface area contributed by atoms with Crippen molar-refractivity contribution in [1.29, 1.82) is 0 Å². The van der Waals surface area contributed by atoms with Crippen LogP contribution < -0.4 is 20.1 Å². The molecule has 2 N–H and O–H groups in total. The van der Waals surface area contributed by atoms with Crippen LogP contribution in [0.1, 0.15) is 78.2 Å². The Morgan fingerprint density at radius 1 is 1.08 bits per heavy atom. The van der Waals surface area contributed by atoms with E-state index in [0.717, 1.165) is 0 Å². The third-order valence-electron chi connectivity index (χ3n) is 6.03. The quantitative estimate of drug-likeness (QED) is 0.454. The van der Waals surface area contributed by atoms with E-state index in [-0.39, 0.29) is 36.4 Å². The summed E-state index contributed by atoms with van der Waals surface area (Å²) in [6, 6.07) is 5.78. The summed E-state index contributed by atoms with van der Waals surface area (Å²) >= 11 is 0. The Kier molecular flexibility index (Phi) is 9.72. The molecule has 0 spiro atoms. The molecule has 0 fully saturated rings. The Hall–Kier alpha value is -3.56. The van der Waals surface area contributed by atoms with Crippen molar-refractivity contribution in [3.05, 3.63) is 35.6 Å². The number of ether oxygens (including phenoxy) is 2. The van der Waals surface area contributed by atoms with Gasteiger partial charge in [0.1, 0.15) is 11.8 Å². The molecule has 10 nitrogen and oxygen atoms in total. The average molecular weight is 517 g/mol. The number of aryl methyl sites for hydroxylation is 1. The van der Waals surface area contributed by atoms with E-state index in [1.54, 1.807) is 31.2 Å². The maximum absolute atomic E-state index is 13.9. The second-order valence-electron chi connectivity index (χ2n) is 10.5. The summed E-state index contributed by atoms with van der Waals surface area (Å²) in [5.41, 5.74) is -0.801. The molecule has 37 heavy (non-hydrogen) atoms. The van der Waals surface area contributed by atoms with Gasteiger partial charge in [-0.05, 0) is 54.0 Å². The molecule has 1 aromatic carbocycles. The zero-order chi connectivity index (χ0) is 28.0. The van der Waals surface area contributed by atoms with Gasteiger partial charge in [-0.1, -0.05) is 24.2 Å². The van der Waals surface area contributed by atoms with Crippen LogP contribution in [0.15, 0.2) is 28.8 Å². The predicted octanol–water partition coefficient (Wildman–Crippen LogP) is 4.39. The summed E-state index contributed by atoms with van der Waals surface area (Å²) in [4.78, 5) is 41.6. The largest absolute Gasteiger partial charge is 0.493 e. The van der Waals surface area contributed by atoms with Gasteiger partial charge in [-0.2, -0.15) is 0 Å². The SMILES string of the molecule is CCC(C)(C)NC(=O)[C@H](c1cccc(OC)c1OC)N(C(=O)CCC(=O)Nc1cc(C)on1)C(C)(C)C. The first kappa shape index (κ1) is 29.7. The van der Waals surface area contributed by atoms with Crippen LogP contribution in [0, 0.1) is 6.92 Å². The molecule has 1 aromatic heterocycles. The molecule has 1 heterocycles. The lowest BCUT2D eigenvalue weighted by molar-refractivity contribution is -0.148. The Bertz CT molecular complexity index is 1100. The fraction of sp³-hybridized carbons (Fsp3) is 0.556. The van der Waals surface area contributed by atoms with Crippen molar-refractivity contribution >= 4 is 23.5 Å². The van der Waals surface area contributed by atoms with Crippen LogP contribution in [-0.2, 0) is 14.4 Å². The van der Waals surface area contributed by atoms with Crippen LogP contribution in [0.4, 0.5) is 5.82 Å². The zero-order valence-corrected chi connectivity index (χ0v) is 23.4. The highest BCUT2D eigenvalue weighted by atomic mass is 16.5. The van der Waals surface area contributed by atoms with Crippen LogP contribution in [-0.4, -0.2) is 53.1 Å². The van der Waals surface area contributed by atoms with Crippen LogP contribution in [0.25, 0.3) is 0 Å². The van der Waals surface area contributed by atoms with Gasteiger partial charge in [0.15, 0.2) is 17.3 Å². The molecule has 1 atom stereocenters. The number of methoxy groups -OCH3 is 2. The van der Waals surface area contributed by atoms with Gasteiger partial charge in [0.2, 0.25) is 17.7 Å². The summed E-state index contributed by atoms with van der Waals surface area (Å²) in [5, 5.41) is 9.44. The van der Waals surface area contributed by atoms with Crippen molar-refractivity contribution in [2.45, 2.75) is 84.8 Å². The van der Waals surface area contributed by atoms with E-state index >= 15 is 0 Å². The van der Waals surface area contributed by atoms with Crippen molar-refractivity contribution < 1.29 is 28.4 Å². The highest BCUT2D eigenvalue weighted by molar-refractivity contribution is 5.94. The fourth-order valence-corrected chi connectivity index (χ4v) is 3.89.